The molecule has 2 rings (SSSR count). The first kappa shape index (κ1) is 13.8. The van der Waals surface area contributed by atoms with Crippen LogP contribution in [0.5, 0.6) is 0 Å². The number of hydrazine groups is 1. The highest BCUT2D eigenvalue weighted by molar-refractivity contribution is 5.89. The van der Waals surface area contributed by atoms with Crippen LogP contribution in [0.3, 0.4) is 0 Å². The first-order chi connectivity index (χ1) is 9.56. The van der Waals surface area contributed by atoms with Crippen molar-refractivity contribution in [3.05, 3.63) is 47.7 Å². The molecule has 1 aliphatic rings. The number of nitrogens with zero attached hydrogens (tertiary/aromatic N) is 1. The molecular formula is C14H16N4O2. The minimum absolute atomic E-state index is 0.0168. The molecule has 3 N–H and O–H groups in total. The molecule has 1 saturated heterocycles. The van der Waals surface area contributed by atoms with E-state index in [-0.39, 0.29) is 18.2 Å². The van der Waals surface area contributed by atoms with E-state index in [2.05, 4.69) is 28.0 Å². The van der Waals surface area contributed by atoms with Crippen molar-refractivity contribution < 1.29 is 9.59 Å². The second-order valence-corrected chi connectivity index (χ2v) is 4.60. The zero-order chi connectivity index (χ0) is 14.5. The molecule has 2 amide bonds. The quantitative estimate of drug-likeness (QED) is 0.554. The lowest BCUT2D eigenvalue weighted by atomic mass is 10.0. The highest BCUT2D eigenvalue weighted by Gasteiger charge is 2.29. The molecule has 104 valence electrons. The lowest BCUT2D eigenvalue weighted by molar-refractivity contribution is -0.127. The zero-order valence-corrected chi connectivity index (χ0v) is 11.1. The molecule has 0 spiro atoms. The van der Waals surface area contributed by atoms with Crippen molar-refractivity contribution in [2.45, 2.75) is 13.3 Å². The predicted molar refractivity (Wildman–Crippen MR) is 75.4 cm³/mol. The SMILES string of the molecule is C=C1NNC(=O)[C@H]1CC(=O)N/N=C\c1ccc(C)cc1. The second kappa shape index (κ2) is 6.01. The van der Waals surface area contributed by atoms with Gasteiger partial charge in [-0.05, 0) is 12.5 Å². The van der Waals surface area contributed by atoms with E-state index >= 15 is 0 Å². The van der Waals surface area contributed by atoms with Crippen LogP contribution in [0.2, 0.25) is 0 Å². The van der Waals surface area contributed by atoms with Crippen molar-refractivity contribution >= 4 is 18.0 Å². The maximum atomic E-state index is 11.7. The Hall–Kier alpha value is -2.63. The molecule has 6 nitrogen and oxygen atoms in total. The molecule has 1 fully saturated rings. The van der Waals surface area contributed by atoms with Gasteiger partial charge in [0, 0.05) is 12.1 Å². The Balaban J connectivity index is 1.84. The number of rotatable bonds is 4. The number of carbonyl (C=O) groups is 2. The molecule has 1 atom stereocenters. The number of hydrogen-bond donors (Lipinski definition) is 3. The minimum Gasteiger partial charge on any atom is -0.302 e. The van der Waals surface area contributed by atoms with E-state index in [0.717, 1.165) is 11.1 Å². The Bertz CT molecular complexity index is 547. The standard InChI is InChI=1S/C14H16N4O2/c1-9-3-5-11(6-4-9)8-15-17-13(19)7-12-10(2)16-18-14(12)20/h3-6,8,12,16H,2,7H2,1H3,(H,17,19)(H,18,20)/b15-8-/t12-/m0/s1. The van der Waals surface area contributed by atoms with Gasteiger partial charge in [-0.3, -0.25) is 15.0 Å². The normalized spacial score (nSPS) is 17.9. The average molecular weight is 272 g/mol. The molecule has 6 heteroatoms. The van der Waals surface area contributed by atoms with Crippen LogP contribution < -0.4 is 16.3 Å². The highest BCUT2D eigenvalue weighted by atomic mass is 16.2. The van der Waals surface area contributed by atoms with Crippen molar-refractivity contribution in [2.75, 3.05) is 0 Å². The third-order valence-corrected chi connectivity index (χ3v) is 2.95. The summed E-state index contributed by atoms with van der Waals surface area (Å²) < 4.78 is 0. The predicted octanol–water partition coefficient (Wildman–Crippen LogP) is 0.600. The maximum Gasteiger partial charge on any atom is 0.247 e. The Morgan fingerprint density at radius 1 is 1.40 bits per heavy atom. The van der Waals surface area contributed by atoms with Gasteiger partial charge in [0.2, 0.25) is 11.8 Å². The molecule has 0 bridgehead atoms. The second-order valence-electron chi connectivity index (χ2n) is 4.60. The van der Waals surface area contributed by atoms with Gasteiger partial charge in [0.05, 0.1) is 12.1 Å². The summed E-state index contributed by atoms with van der Waals surface area (Å²) in [6.07, 6.45) is 1.57. The van der Waals surface area contributed by atoms with Gasteiger partial charge in [0.15, 0.2) is 0 Å². The molecule has 1 heterocycles. The van der Waals surface area contributed by atoms with E-state index in [1.54, 1.807) is 6.21 Å². The van der Waals surface area contributed by atoms with Crippen LogP contribution in [-0.4, -0.2) is 18.0 Å². The number of carbonyl (C=O) groups excluding carboxylic acids is 2. The Kier molecular flexibility index (Phi) is 4.14. The molecule has 1 aromatic carbocycles. The van der Waals surface area contributed by atoms with E-state index in [1.165, 1.54) is 0 Å². The largest absolute Gasteiger partial charge is 0.302 e. The Morgan fingerprint density at radius 2 is 2.10 bits per heavy atom. The van der Waals surface area contributed by atoms with E-state index < -0.39 is 5.92 Å². The first-order valence-corrected chi connectivity index (χ1v) is 6.19. The maximum absolute atomic E-state index is 11.7. The first-order valence-electron chi connectivity index (χ1n) is 6.19. The summed E-state index contributed by atoms with van der Waals surface area (Å²) in [5.41, 5.74) is 9.94. The number of hydrogen-bond acceptors (Lipinski definition) is 4. The van der Waals surface area contributed by atoms with Gasteiger partial charge in [-0.25, -0.2) is 5.43 Å². The van der Waals surface area contributed by atoms with Gasteiger partial charge in [-0.15, -0.1) is 0 Å². The molecular weight excluding hydrogens is 256 g/mol. The Labute approximate surface area is 116 Å². The van der Waals surface area contributed by atoms with Crippen LogP contribution >= 0.6 is 0 Å². The number of nitrogens with one attached hydrogen (secondary N) is 3. The van der Waals surface area contributed by atoms with E-state index in [0.29, 0.717) is 5.70 Å². The lowest BCUT2D eigenvalue weighted by Crippen LogP contribution is -2.27. The summed E-state index contributed by atoms with van der Waals surface area (Å²) in [6, 6.07) is 7.73. The summed E-state index contributed by atoms with van der Waals surface area (Å²) in [7, 11) is 0. The smallest absolute Gasteiger partial charge is 0.247 e. The number of benzene rings is 1. The summed E-state index contributed by atoms with van der Waals surface area (Å²) in [4.78, 5) is 23.1. The fourth-order valence-corrected chi connectivity index (χ4v) is 1.75. The van der Waals surface area contributed by atoms with E-state index in [4.69, 9.17) is 0 Å². The van der Waals surface area contributed by atoms with Crippen LogP contribution in [0.15, 0.2) is 41.6 Å². The molecule has 1 aliphatic heterocycles. The summed E-state index contributed by atoms with van der Waals surface area (Å²) in [5.74, 6) is -1.14. The van der Waals surface area contributed by atoms with Crippen molar-refractivity contribution in [2.24, 2.45) is 11.0 Å². The minimum atomic E-state index is -0.551. The Morgan fingerprint density at radius 3 is 2.70 bits per heavy atom. The van der Waals surface area contributed by atoms with Crippen LogP contribution in [0.4, 0.5) is 0 Å². The van der Waals surface area contributed by atoms with Gasteiger partial charge in [0.25, 0.3) is 0 Å². The fraction of sp³-hybridized carbons (Fsp3) is 0.214. The molecule has 0 saturated carbocycles. The summed E-state index contributed by atoms with van der Waals surface area (Å²) in [6.45, 7) is 5.66. The monoisotopic (exact) mass is 272 g/mol. The topological polar surface area (TPSA) is 82.6 Å². The van der Waals surface area contributed by atoms with Crippen molar-refractivity contribution in [3.63, 3.8) is 0 Å². The molecule has 20 heavy (non-hydrogen) atoms. The third-order valence-electron chi connectivity index (χ3n) is 2.95. The third kappa shape index (κ3) is 3.44. The van der Waals surface area contributed by atoms with E-state index in [9.17, 15) is 9.59 Å². The van der Waals surface area contributed by atoms with Gasteiger partial charge in [-0.2, -0.15) is 5.10 Å². The van der Waals surface area contributed by atoms with Crippen molar-refractivity contribution in [1.29, 1.82) is 0 Å². The van der Waals surface area contributed by atoms with Crippen LogP contribution in [-0.2, 0) is 9.59 Å². The summed E-state index contributed by atoms with van der Waals surface area (Å²) >= 11 is 0. The van der Waals surface area contributed by atoms with Gasteiger partial charge in [0.1, 0.15) is 0 Å². The van der Waals surface area contributed by atoms with Crippen molar-refractivity contribution in [3.8, 4) is 0 Å². The van der Waals surface area contributed by atoms with Crippen molar-refractivity contribution in [1.82, 2.24) is 16.3 Å². The number of amides is 2. The number of hydrazone groups is 1. The molecule has 0 radical (unpaired) electrons. The summed E-state index contributed by atoms with van der Waals surface area (Å²) in [5, 5.41) is 3.86. The molecule has 0 aromatic heterocycles. The fourth-order valence-electron chi connectivity index (χ4n) is 1.75. The average Bonchev–Trinajstić information content (AvgIpc) is 2.73. The lowest BCUT2D eigenvalue weighted by Gasteiger charge is -2.05. The zero-order valence-electron chi connectivity index (χ0n) is 11.1. The highest BCUT2D eigenvalue weighted by Crippen LogP contribution is 2.15. The van der Waals surface area contributed by atoms with Crippen LogP contribution in [0.25, 0.3) is 0 Å². The molecule has 0 unspecified atom stereocenters. The number of aryl methyl sites for hydroxylation is 1. The van der Waals surface area contributed by atoms with Gasteiger partial charge < -0.3 is 5.43 Å². The molecule has 1 aromatic rings. The van der Waals surface area contributed by atoms with E-state index in [1.807, 2.05) is 31.2 Å². The van der Waals surface area contributed by atoms with Gasteiger partial charge in [-0.1, -0.05) is 36.4 Å². The molecule has 0 aliphatic carbocycles. The van der Waals surface area contributed by atoms with Crippen LogP contribution in [0.1, 0.15) is 17.5 Å². The van der Waals surface area contributed by atoms with Crippen LogP contribution in [0, 0.1) is 12.8 Å². The van der Waals surface area contributed by atoms with Gasteiger partial charge >= 0.3 is 0 Å².